The molecule has 0 aliphatic rings. The van der Waals surface area contributed by atoms with Crippen LogP contribution in [0.2, 0.25) is 0 Å². The molecule has 0 spiro atoms. The van der Waals surface area contributed by atoms with E-state index >= 15 is 0 Å². The summed E-state index contributed by atoms with van der Waals surface area (Å²) in [6.07, 6.45) is 13.4. The molecule has 0 aromatic rings. The molecule has 0 saturated heterocycles. The molecule has 0 N–H and O–H groups in total. The molecule has 0 aliphatic carbocycles. The van der Waals surface area contributed by atoms with Crippen molar-refractivity contribution in [2.45, 2.75) is 97.0 Å². The van der Waals surface area contributed by atoms with Gasteiger partial charge in [-0.1, -0.05) is 78.1 Å². The van der Waals surface area contributed by atoms with Gasteiger partial charge in [0.1, 0.15) is 6.10 Å². The number of nitrogens with zero attached hydrogens (tertiary/aromatic N) is 1. The molecule has 19 heavy (non-hydrogen) atoms. The van der Waals surface area contributed by atoms with Crippen molar-refractivity contribution >= 4 is 0 Å². The molecule has 0 aromatic heterocycles. The first-order valence-electron chi connectivity index (χ1n) is 8.01. The molecule has 0 fully saturated rings. The summed E-state index contributed by atoms with van der Waals surface area (Å²) in [5.41, 5.74) is 0. The van der Waals surface area contributed by atoms with Crippen LogP contribution in [0.4, 0.5) is 0 Å². The average Bonchev–Trinajstić information content (AvgIpc) is 2.37. The minimum atomic E-state index is -0.623. The summed E-state index contributed by atoms with van der Waals surface area (Å²) in [6, 6.07) is 0. The second-order valence-electron chi connectivity index (χ2n) is 5.36. The van der Waals surface area contributed by atoms with Gasteiger partial charge in [-0.2, -0.15) is 0 Å². The lowest BCUT2D eigenvalue weighted by Crippen LogP contribution is -2.17. The Morgan fingerprint density at radius 1 is 0.842 bits per heavy atom. The first-order chi connectivity index (χ1) is 9.20. The summed E-state index contributed by atoms with van der Waals surface area (Å²) >= 11 is 0. The Bertz CT molecular complexity index is 210. The Labute approximate surface area is 118 Å². The maximum atomic E-state index is 10.5. The zero-order valence-corrected chi connectivity index (χ0v) is 12.7. The molecule has 1 unspecified atom stereocenters. The van der Waals surface area contributed by atoms with Crippen LogP contribution in [0.5, 0.6) is 0 Å². The molecule has 0 saturated carbocycles. The molecular formula is C15H31NO3. The van der Waals surface area contributed by atoms with Gasteiger partial charge in [-0.05, 0) is 12.8 Å². The van der Waals surface area contributed by atoms with E-state index in [4.69, 9.17) is 4.84 Å². The van der Waals surface area contributed by atoms with E-state index in [-0.39, 0.29) is 6.10 Å². The van der Waals surface area contributed by atoms with Crippen LogP contribution in [-0.4, -0.2) is 11.2 Å². The topological polar surface area (TPSA) is 52.4 Å². The third-order valence-corrected chi connectivity index (χ3v) is 3.49. The fourth-order valence-corrected chi connectivity index (χ4v) is 2.32. The highest BCUT2D eigenvalue weighted by Gasteiger charge is 2.12. The van der Waals surface area contributed by atoms with Crippen LogP contribution in [0.15, 0.2) is 0 Å². The Hall–Kier alpha value is -0.800. The largest absolute Gasteiger partial charge is 0.311 e. The van der Waals surface area contributed by atoms with Gasteiger partial charge in [0.15, 0.2) is 0 Å². The van der Waals surface area contributed by atoms with Crippen LogP contribution in [0.3, 0.4) is 0 Å². The molecule has 0 aromatic carbocycles. The second kappa shape index (κ2) is 13.6. The van der Waals surface area contributed by atoms with Crippen LogP contribution < -0.4 is 0 Å². The van der Waals surface area contributed by atoms with E-state index in [1.807, 2.05) is 0 Å². The Balaban J connectivity index is 3.64. The summed E-state index contributed by atoms with van der Waals surface area (Å²) in [5.74, 6) is 0. The lowest BCUT2D eigenvalue weighted by atomic mass is 10.0. The standard InChI is InChI=1S/C15H31NO3/c1-3-5-7-9-10-12-14-15(19-16(17)18)13-11-8-6-4-2/h15H,3-14H2,1-2H3. The van der Waals surface area contributed by atoms with Gasteiger partial charge in [-0.25, -0.2) is 0 Å². The third-order valence-electron chi connectivity index (χ3n) is 3.49. The van der Waals surface area contributed by atoms with Crippen LogP contribution in [0, 0.1) is 10.1 Å². The normalized spacial score (nSPS) is 12.3. The maximum Gasteiger partial charge on any atom is 0.294 e. The number of unbranched alkanes of at least 4 members (excludes halogenated alkanes) is 8. The van der Waals surface area contributed by atoms with E-state index in [1.165, 1.54) is 44.9 Å². The fraction of sp³-hybridized carbons (Fsp3) is 1.00. The van der Waals surface area contributed by atoms with Gasteiger partial charge < -0.3 is 4.84 Å². The lowest BCUT2D eigenvalue weighted by Gasteiger charge is -2.14. The highest BCUT2D eigenvalue weighted by Crippen LogP contribution is 2.16. The Kier molecular flexibility index (Phi) is 13.1. The van der Waals surface area contributed by atoms with E-state index in [0.717, 1.165) is 32.1 Å². The molecule has 0 heterocycles. The minimum absolute atomic E-state index is 0.182. The first-order valence-corrected chi connectivity index (χ1v) is 8.01. The van der Waals surface area contributed by atoms with Crippen molar-refractivity contribution in [3.8, 4) is 0 Å². The van der Waals surface area contributed by atoms with Crippen LogP contribution >= 0.6 is 0 Å². The molecular weight excluding hydrogens is 242 g/mol. The van der Waals surface area contributed by atoms with E-state index < -0.39 is 5.09 Å². The lowest BCUT2D eigenvalue weighted by molar-refractivity contribution is -0.769. The number of hydrogen-bond acceptors (Lipinski definition) is 3. The monoisotopic (exact) mass is 273 g/mol. The molecule has 114 valence electrons. The van der Waals surface area contributed by atoms with Gasteiger partial charge in [0.25, 0.3) is 5.09 Å². The van der Waals surface area contributed by atoms with Crippen molar-refractivity contribution in [3.05, 3.63) is 10.1 Å². The number of rotatable bonds is 14. The number of hydrogen-bond donors (Lipinski definition) is 0. The summed E-state index contributed by atoms with van der Waals surface area (Å²) in [4.78, 5) is 15.2. The van der Waals surface area contributed by atoms with Crippen molar-refractivity contribution in [2.24, 2.45) is 0 Å². The zero-order valence-electron chi connectivity index (χ0n) is 12.7. The Morgan fingerprint density at radius 3 is 1.74 bits per heavy atom. The summed E-state index contributed by atoms with van der Waals surface area (Å²) < 4.78 is 0. The van der Waals surface area contributed by atoms with E-state index in [2.05, 4.69) is 13.8 Å². The molecule has 1 atom stereocenters. The van der Waals surface area contributed by atoms with Crippen molar-refractivity contribution < 1.29 is 9.92 Å². The summed E-state index contributed by atoms with van der Waals surface area (Å²) in [7, 11) is 0. The van der Waals surface area contributed by atoms with Crippen LogP contribution in [-0.2, 0) is 4.84 Å². The van der Waals surface area contributed by atoms with Gasteiger partial charge in [0.2, 0.25) is 0 Å². The van der Waals surface area contributed by atoms with E-state index in [0.29, 0.717) is 0 Å². The van der Waals surface area contributed by atoms with Gasteiger partial charge in [-0.15, -0.1) is 10.1 Å². The van der Waals surface area contributed by atoms with Crippen LogP contribution in [0.25, 0.3) is 0 Å². The molecule has 4 heteroatoms. The maximum absolute atomic E-state index is 10.5. The van der Waals surface area contributed by atoms with Crippen LogP contribution in [0.1, 0.15) is 90.9 Å². The minimum Gasteiger partial charge on any atom is -0.311 e. The predicted octanol–water partition coefficient (Wildman–Crippen LogP) is 5.28. The van der Waals surface area contributed by atoms with E-state index in [9.17, 15) is 10.1 Å². The molecule has 0 radical (unpaired) electrons. The molecule has 0 rings (SSSR count). The smallest absolute Gasteiger partial charge is 0.294 e. The molecule has 0 amide bonds. The van der Waals surface area contributed by atoms with E-state index in [1.54, 1.807) is 0 Å². The van der Waals surface area contributed by atoms with Gasteiger partial charge in [0, 0.05) is 0 Å². The highest BCUT2D eigenvalue weighted by atomic mass is 17.0. The first kappa shape index (κ1) is 18.2. The highest BCUT2D eigenvalue weighted by molar-refractivity contribution is 4.58. The predicted molar refractivity (Wildman–Crippen MR) is 78.6 cm³/mol. The summed E-state index contributed by atoms with van der Waals surface area (Å²) in [5, 5.41) is 9.83. The van der Waals surface area contributed by atoms with Crippen molar-refractivity contribution in [1.82, 2.24) is 0 Å². The molecule has 4 nitrogen and oxygen atoms in total. The quantitative estimate of drug-likeness (QED) is 0.245. The van der Waals surface area contributed by atoms with Gasteiger partial charge >= 0.3 is 0 Å². The fourth-order valence-electron chi connectivity index (χ4n) is 2.32. The second-order valence-corrected chi connectivity index (χ2v) is 5.36. The molecule has 0 aliphatic heterocycles. The average molecular weight is 273 g/mol. The SMILES string of the molecule is CCCCCCCCC(CCCCCC)O[N+](=O)[O-]. The molecule has 0 bridgehead atoms. The summed E-state index contributed by atoms with van der Waals surface area (Å²) in [6.45, 7) is 4.37. The third kappa shape index (κ3) is 13.4. The van der Waals surface area contributed by atoms with Crippen molar-refractivity contribution in [2.75, 3.05) is 0 Å². The van der Waals surface area contributed by atoms with Gasteiger partial charge in [-0.3, -0.25) is 0 Å². The Morgan fingerprint density at radius 2 is 1.26 bits per heavy atom. The van der Waals surface area contributed by atoms with Crippen molar-refractivity contribution in [1.29, 1.82) is 0 Å². The van der Waals surface area contributed by atoms with Gasteiger partial charge in [0.05, 0.1) is 0 Å². The zero-order chi connectivity index (χ0) is 14.3. The van der Waals surface area contributed by atoms with Crippen molar-refractivity contribution in [3.63, 3.8) is 0 Å².